The Morgan fingerprint density at radius 2 is 2.14 bits per heavy atom. The smallest absolute Gasteiger partial charge is 0.306 e. The second-order valence-corrected chi connectivity index (χ2v) is 4.20. The van der Waals surface area contributed by atoms with Crippen molar-refractivity contribution in [2.75, 3.05) is 12.4 Å². The zero-order valence-electron chi connectivity index (χ0n) is 11.3. The highest BCUT2D eigenvalue weighted by Gasteiger charge is 2.10. The maximum absolute atomic E-state index is 11.7. The van der Waals surface area contributed by atoms with E-state index in [1.807, 2.05) is 0 Å². The van der Waals surface area contributed by atoms with E-state index < -0.39 is 4.92 Å². The molecule has 0 aliphatic rings. The molecule has 21 heavy (non-hydrogen) atoms. The van der Waals surface area contributed by atoms with Crippen LogP contribution in [0.2, 0.25) is 0 Å². The highest BCUT2D eigenvalue weighted by molar-refractivity contribution is 5.90. The van der Waals surface area contributed by atoms with Crippen LogP contribution >= 0.6 is 0 Å². The molecule has 0 aliphatic heterocycles. The number of hydrogen-bond donors (Lipinski definition) is 1. The van der Waals surface area contributed by atoms with E-state index >= 15 is 0 Å². The fraction of sp³-hybridized carbons (Fsp3) is 0.364. The maximum atomic E-state index is 11.7. The SMILES string of the molecule is COCn1cc(NC(=O)CCn2cc([N+](=O)[O-])cn2)cn1. The molecule has 2 aromatic heterocycles. The summed E-state index contributed by atoms with van der Waals surface area (Å²) in [6.45, 7) is 0.554. The fourth-order valence-electron chi connectivity index (χ4n) is 1.64. The molecule has 0 atom stereocenters. The molecule has 2 aromatic rings. The molecule has 1 N–H and O–H groups in total. The van der Waals surface area contributed by atoms with Crippen LogP contribution in [0.5, 0.6) is 0 Å². The van der Waals surface area contributed by atoms with Crippen molar-refractivity contribution in [3.63, 3.8) is 0 Å². The number of anilines is 1. The second-order valence-electron chi connectivity index (χ2n) is 4.20. The first-order chi connectivity index (χ1) is 10.1. The number of amides is 1. The highest BCUT2D eigenvalue weighted by atomic mass is 16.6. The van der Waals surface area contributed by atoms with Gasteiger partial charge in [0.2, 0.25) is 5.91 Å². The molecular weight excluding hydrogens is 280 g/mol. The van der Waals surface area contributed by atoms with E-state index in [4.69, 9.17) is 4.74 Å². The lowest BCUT2D eigenvalue weighted by atomic mass is 10.4. The van der Waals surface area contributed by atoms with Crippen LogP contribution in [-0.2, 0) is 22.8 Å². The predicted octanol–water partition coefficient (Wildman–Crippen LogP) is 0.620. The second kappa shape index (κ2) is 6.61. The van der Waals surface area contributed by atoms with Crippen LogP contribution in [-0.4, -0.2) is 37.5 Å². The van der Waals surface area contributed by atoms with Gasteiger partial charge in [-0.1, -0.05) is 0 Å². The first kappa shape index (κ1) is 14.7. The van der Waals surface area contributed by atoms with Crippen molar-refractivity contribution in [2.45, 2.75) is 19.7 Å². The van der Waals surface area contributed by atoms with Gasteiger partial charge in [-0.25, -0.2) is 4.68 Å². The zero-order chi connectivity index (χ0) is 15.2. The largest absolute Gasteiger partial charge is 0.362 e. The van der Waals surface area contributed by atoms with Crippen LogP contribution in [0.1, 0.15) is 6.42 Å². The third-order valence-corrected chi connectivity index (χ3v) is 2.58. The summed E-state index contributed by atoms with van der Waals surface area (Å²) in [5.41, 5.74) is 0.458. The first-order valence-corrected chi connectivity index (χ1v) is 6.06. The molecule has 1 amide bonds. The molecule has 10 nitrogen and oxygen atoms in total. The minimum absolute atomic E-state index is 0.101. The minimum Gasteiger partial charge on any atom is -0.362 e. The molecule has 0 saturated heterocycles. The Balaban J connectivity index is 1.82. The van der Waals surface area contributed by atoms with E-state index in [2.05, 4.69) is 15.5 Å². The summed E-state index contributed by atoms with van der Waals surface area (Å²) >= 11 is 0. The van der Waals surface area contributed by atoms with Crippen molar-refractivity contribution >= 4 is 17.3 Å². The van der Waals surface area contributed by atoms with Gasteiger partial charge < -0.3 is 10.1 Å². The van der Waals surface area contributed by atoms with Crippen molar-refractivity contribution in [3.8, 4) is 0 Å². The minimum atomic E-state index is -0.534. The van der Waals surface area contributed by atoms with E-state index in [0.29, 0.717) is 12.4 Å². The van der Waals surface area contributed by atoms with Crippen LogP contribution in [0.15, 0.2) is 24.8 Å². The molecule has 0 spiro atoms. The van der Waals surface area contributed by atoms with E-state index in [1.54, 1.807) is 13.3 Å². The van der Waals surface area contributed by atoms with Crippen LogP contribution in [0.3, 0.4) is 0 Å². The third-order valence-electron chi connectivity index (χ3n) is 2.58. The average molecular weight is 294 g/mol. The van der Waals surface area contributed by atoms with Crippen molar-refractivity contribution in [2.24, 2.45) is 0 Å². The molecule has 0 aliphatic carbocycles. The molecule has 0 bridgehead atoms. The number of aromatic nitrogens is 4. The molecule has 112 valence electrons. The third kappa shape index (κ3) is 4.11. The number of carbonyl (C=O) groups excluding carboxylic acids is 1. The van der Waals surface area contributed by atoms with Gasteiger partial charge in [-0.15, -0.1) is 0 Å². The number of methoxy groups -OCH3 is 1. The van der Waals surface area contributed by atoms with E-state index in [0.717, 1.165) is 6.20 Å². The van der Waals surface area contributed by atoms with Crippen LogP contribution in [0.25, 0.3) is 0 Å². The molecule has 0 fully saturated rings. The monoisotopic (exact) mass is 294 g/mol. The molecular formula is C11H14N6O4. The molecule has 2 rings (SSSR count). The first-order valence-electron chi connectivity index (χ1n) is 6.06. The average Bonchev–Trinajstić information content (AvgIpc) is 3.06. The zero-order valence-corrected chi connectivity index (χ0v) is 11.3. The van der Waals surface area contributed by atoms with E-state index in [1.165, 1.54) is 21.8 Å². The molecule has 0 radical (unpaired) electrons. The maximum Gasteiger partial charge on any atom is 0.306 e. The van der Waals surface area contributed by atoms with Gasteiger partial charge in [-0.05, 0) is 0 Å². The molecule has 10 heteroatoms. The summed E-state index contributed by atoms with van der Waals surface area (Å²) in [5, 5.41) is 21.0. The number of nitrogens with one attached hydrogen (secondary N) is 1. The van der Waals surface area contributed by atoms with Gasteiger partial charge in [-0.2, -0.15) is 10.2 Å². The number of aryl methyl sites for hydroxylation is 1. The topological polar surface area (TPSA) is 117 Å². The lowest BCUT2D eigenvalue weighted by molar-refractivity contribution is -0.385. The number of rotatable bonds is 7. The number of ether oxygens (including phenoxy) is 1. The van der Waals surface area contributed by atoms with Crippen LogP contribution in [0, 0.1) is 10.1 Å². The van der Waals surface area contributed by atoms with Gasteiger partial charge in [0.15, 0.2) is 0 Å². The summed E-state index contributed by atoms with van der Waals surface area (Å²) in [6, 6.07) is 0. The molecule has 2 heterocycles. The van der Waals surface area contributed by atoms with Crippen LogP contribution < -0.4 is 5.32 Å². The van der Waals surface area contributed by atoms with Gasteiger partial charge >= 0.3 is 5.69 Å². The summed E-state index contributed by atoms with van der Waals surface area (Å²) in [6.07, 6.45) is 5.72. The molecule has 0 saturated carbocycles. The summed E-state index contributed by atoms with van der Waals surface area (Å²) in [5.74, 6) is -0.231. The van der Waals surface area contributed by atoms with Crippen molar-refractivity contribution in [1.82, 2.24) is 19.6 Å². The Kier molecular flexibility index (Phi) is 4.61. The quantitative estimate of drug-likeness (QED) is 0.591. The van der Waals surface area contributed by atoms with Gasteiger partial charge in [0, 0.05) is 20.1 Å². The Morgan fingerprint density at radius 1 is 1.38 bits per heavy atom. The number of hydrogen-bond acceptors (Lipinski definition) is 6. The standard InChI is InChI=1S/C11H14N6O4/c1-21-8-16-6-9(4-12-16)14-11(18)2-3-15-7-10(5-13-15)17(19)20/h4-7H,2-3,8H2,1H3,(H,14,18). The lowest BCUT2D eigenvalue weighted by Gasteiger charge is -2.02. The summed E-state index contributed by atoms with van der Waals surface area (Å²) in [4.78, 5) is 21.7. The van der Waals surface area contributed by atoms with Crippen molar-refractivity contribution in [3.05, 3.63) is 34.9 Å². The Morgan fingerprint density at radius 3 is 2.81 bits per heavy atom. The molecule has 0 aromatic carbocycles. The number of nitrogens with zero attached hydrogens (tertiary/aromatic N) is 5. The van der Waals surface area contributed by atoms with Crippen LogP contribution in [0.4, 0.5) is 11.4 Å². The number of nitro groups is 1. The molecule has 0 unspecified atom stereocenters. The van der Waals surface area contributed by atoms with Gasteiger partial charge in [0.05, 0.1) is 23.0 Å². The summed E-state index contributed by atoms with van der Waals surface area (Å²) < 4.78 is 7.78. The van der Waals surface area contributed by atoms with Crippen molar-refractivity contribution in [1.29, 1.82) is 0 Å². The van der Waals surface area contributed by atoms with Gasteiger partial charge in [0.25, 0.3) is 0 Å². The Labute approximate surface area is 119 Å². The van der Waals surface area contributed by atoms with E-state index in [9.17, 15) is 14.9 Å². The number of carbonyl (C=O) groups is 1. The fourth-order valence-corrected chi connectivity index (χ4v) is 1.64. The normalized spacial score (nSPS) is 10.5. The predicted molar refractivity (Wildman–Crippen MR) is 71.4 cm³/mol. The Hall–Kier alpha value is -2.75. The van der Waals surface area contributed by atoms with Gasteiger partial charge in [-0.3, -0.25) is 19.6 Å². The van der Waals surface area contributed by atoms with Gasteiger partial charge in [0.1, 0.15) is 19.1 Å². The lowest BCUT2D eigenvalue weighted by Crippen LogP contribution is -2.14. The van der Waals surface area contributed by atoms with E-state index in [-0.39, 0.29) is 24.6 Å². The van der Waals surface area contributed by atoms with Crippen molar-refractivity contribution < 1.29 is 14.5 Å². The highest BCUT2D eigenvalue weighted by Crippen LogP contribution is 2.09. The summed E-state index contributed by atoms with van der Waals surface area (Å²) in [7, 11) is 1.54. The Bertz CT molecular complexity index is 634.